The molecular formula is C35H35ClN6O4S. The van der Waals surface area contributed by atoms with Gasteiger partial charge >= 0.3 is 5.97 Å². The Bertz CT molecular complexity index is 2020. The molecule has 1 fully saturated rings. The Morgan fingerprint density at radius 2 is 1.94 bits per heavy atom. The minimum absolute atomic E-state index is 0.102. The van der Waals surface area contributed by atoms with Crippen LogP contribution in [0.1, 0.15) is 43.5 Å². The van der Waals surface area contributed by atoms with Gasteiger partial charge in [-0.15, -0.1) is 11.3 Å². The number of nitrogens with one attached hydrogen (secondary N) is 1. The van der Waals surface area contributed by atoms with E-state index in [9.17, 15) is 9.59 Å². The first kappa shape index (κ1) is 31.4. The van der Waals surface area contributed by atoms with Crippen LogP contribution in [0.5, 0.6) is 0 Å². The van der Waals surface area contributed by atoms with Crippen LogP contribution in [-0.2, 0) is 29.0 Å². The van der Waals surface area contributed by atoms with E-state index in [2.05, 4.69) is 32.1 Å². The van der Waals surface area contributed by atoms with Crippen LogP contribution in [0.3, 0.4) is 0 Å². The van der Waals surface area contributed by atoms with E-state index in [1.54, 1.807) is 6.20 Å². The molecule has 47 heavy (non-hydrogen) atoms. The van der Waals surface area contributed by atoms with Gasteiger partial charge in [-0.1, -0.05) is 23.7 Å². The lowest BCUT2D eigenvalue weighted by atomic mass is 9.94. The number of likely N-dealkylation sites (tertiary alicyclic amines) is 1. The van der Waals surface area contributed by atoms with E-state index < -0.39 is 0 Å². The number of rotatable bonds is 7. The van der Waals surface area contributed by atoms with Crippen molar-refractivity contribution in [2.24, 2.45) is 5.92 Å². The maximum absolute atomic E-state index is 13.2. The molecule has 0 unspecified atom stereocenters. The summed E-state index contributed by atoms with van der Waals surface area (Å²) in [6.45, 7) is 7.89. The Morgan fingerprint density at radius 1 is 1.11 bits per heavy atom. The van der Waals surface area contributed by atoms with Gasteiger partial charge in [0.25, 0.3) is 5.91 Å². The number of ether oxygens (including phenoxy) is 1. The van der Waals surface area contributed by atoms with Gasteiger partial charge in [0.15, 0.2) is 10.6 Å². The molecule has 5 heterocycles. The van der Waals surface area contributed by atoms with E-state index in [-0.39, 0.29) is 17.8 Å². The van der Waals surface area contributed by atoms with Crippen molar-refractivity contribution in [3.05, 3.63) is 80.0 Å². The first-order chi connectivity index (χ1) is 22.7. The highest BCUT2D eigenvalue weighted by Crippen LogP contribution is 2.37. The number of hydrogen-bond acceptors (Lipinski definition) is 10. The molecule has 0 aliphatic carbocycles. The summed E-state index contributed by atoms with van der Waals surface area (Å²) in [7, 11) is 3.51. The van der Waals surface area contributed by atoms with Gasteiger partial charge in [0, 0.05) is 54.8 Å². The molecule has 2 aliphatic heterocycles. The van der Waals surface area contributed by atoms with E-state index >= 15 is 0 Å². The highest BCUT2D eigenvalue weighted by molar-refractivity contribution is 7.13. The molecular weight excluding hydrogens is 636 g/mol. The summed E-state index contributed by atoms with van der Waals surface area (Å²) in [5.74, 6) is -0.0203. The van der Waals surface area contributed by atoms with Crippen LogP contribution in [0.2, 0.25) is 5.02 Å². The predicted octanol–water partition coefficient (Wildman–Crippen LogP) is 6.52. The predicted molar refractivity (Wildman–Crippen MR) is 183 cm³/mol. The van der Waals surface area contributed by atoms with Crippen LogP contribution in [-0.4, -0.2) is 70.4 Å². The number of methoxy groups -OCH3 is 1. The molecule has 0 bridgehead atoms. The average Bonchev–Trinajstić information content (AvgIpc) is 3.81. The highest BCUT2D eigenvalue weighted by Gasteiger charge is 2.29. The van der Waals surface area contributed by atoms with Gasteiger partial charge in [0.1, 0.15) is 5.52 Å². The third-order valence-electron chi connectivity index (χ3n) is 9.15. The highest BCUT2D eigenvalue weighted by atomic mass is 35.5. The number of halogens is 1. The molecule has 2 aromatic carbocycles. The molecule has 12 heteroatoms. The number of anilines is 1. The van der Waals surface area contributed by atoms with Crippen LogP contribution in [0.4, 0.5) is 5.69 Å². The molecule has 242 valence electrons. The summed E-state index contributed by atoms with van der Waals surface area (Å²) in [5.41, 5.74) is 8.42. The lowest BCUT2D eigenvalue weighted by Crippen LogP contribution is -2.25. The van der Waals surface area contributed by atoms with Gasteiger partial charge in [0.05, 0.1) is 35.6 Å². The SMILES string of the molecule is COC(=O)[C@@H]1CCN(Cc2cc(Cl)c3oc(-c4cccc(-c5cncc(NC(=O)c6nc7c(s6)CN(C)CC7)c5C)c4C)nc3c2)C1. The molecule has 1 amide bonds. The second kappa shape index (κ2) is 12.8. The number of thiazole rings is 1. The molecule has 1 saturated heterocycles. The Morgan fingerprint density at radius 3 is 2.77 bits per heavy atom. The first-order valence-corrected chi connectivity index (χ1v) is 16.8. The normalized spacial score (nSPS) is 16.8. The van der Waals surface area contributed by atoms with Crippen molar-refractivity contribution in [3.63, 3.8) is 0 Å². The zero-order chi connectivity index (χ0) is 32.8. The third-order valence-corrected chi connectivity index (χ3v) is 10.5. The number of amides is 1. The van der Waals surface area contributed by atoms with Crippen LogP contribution in [0.15, 0.2) is 47.1 Å². The van der Waals surface area contributed by atoms with E-state index in [1.807, 2.05) is 50.4 Å². The maximum Gasteiger partial charge on any atom is 0.310 e. The topological polar surface area (TPSA) is 114 Å². The second-order valence-corrected chi connectivity index (χ2v) is 13.8. The molecule has 3 aromatic heterocycles. The van der Waals surface area contributed by atoms with Crippen molar-refractivity contribution in [2.45, 2.75) is 39.8 Å². The first-order valence-electron chi connectivity index (χ1n) is 15.6. The van der Waals surface area contributed by atoms with Crippen molar-refractivity contribution in [1.29, 1.82) is 0 Å². The number of carbonyl (C=O) groups excluding carboxylic acids is 2. The van der Waals surface area contributed by atoms with Crippen molar-refractivity contribution in [3.8, 4) is 22.6 Å². The number of esters is 1. The molecule has 7 rings (SSSR count). The number of pyridine rings is 1. The fourth-order valence-corrected chi connectivity index (χ4v) is 7.88. The van der Waals surface area contributed by atoms with Gasteiger partial charge in [0.2, 0.25) is 5.89 Å². The summed E-state index contributed by atoms with van der Waals surface area (Å²) in [6, 6.07) is 9.88. The molecule has 5 aromatic rings. The van der Waals surface area contributed by atoms with Crippen LogP contribution < -0.4 is 5.32 Å². The van der Waals surface area contributed by atoms with E-state index in [0.29, 0.717) is 45.8 Å². The van der Waals surface area contributed by atoms with Crippen LogP contribution in [0.25, 0.3) is 33.7 Å². The molecule has 2 aliphatic rings. The lowest BCUT2D eigenvalue weighted by molar-refractivity contribution is -0.144. The van der Waals surface area contributed by atoms with Crippen molar-refractivity contribution in [2.75, 3.05) is 39.1 Å². The smallest absolute Gasteiger partial charge is 0.310 e. The Kier molecular flexibility index (Phi) is 8.56. The minimum Gasteiger partial charge on any atom is -0.469 e. The fraction of sp³-hybridized carbons (Fsp3) is 0.343. The van der Waals surface area contributed by atoms with E-state index in [0.717, 1.165) is 76.4 Å². The number of hydrogen-bond donors (Lipinski definition) is 1. The monoisotopic (exact) mass is 670 g/mol. The summed E-state index contributed by atoms with van der Waals surface area (Å²) < 4.78 is 11.2. The number of carbonyl (C=O) groups is 2. The van der Waals surface area contributed by atoms with Crippen molar-refractivity contribution in [1.82, 2.24) is 24.8 Å². The average molecular weight is 671 g/mol. The molecule has 1 atom stereocenters. The molecule has 10 nitrogen and oxygen atoms in total. The van der Waals surface area contributed by atoms with Gasteiger partial charge in [-0.2, -0.15) is 0 Å². The largest absolute Gasteiger partial charge is 0.469 e. The number of benzene rings is 2. The van der Waals surface area contributed by atoms with E-state index in [4.69, 9.17) is 25.7 Å². The Hall–Kier alpha value is -4.16. The summed E-state index contributed by atoms with van der Waals surface area (Å²) >= 11 is 8.16. The summed E-state index contributed by atoms with van der Waals surface area (Å²) in [6.07, 6.45) is 5.12. The lowest BCUT2D eigenvalue weighted by Gasteiger charge is -2.20. The number of oxazole rings is 1. The summed E-state index contributed by atoms with van der Waals surface area (Å²) in [5, 5.41) is 4.01. The number of likely N-dealkylation sites (N-methyl/N-ethyl adjacent to an activating group) is 1. The van der Waals surface area contributed by atoms with Crippen molar-refractivity contribution < 1.29 is 18.7 Å². The standard InChI is InChI=1S/C35H35ClN6O4S/c1-19-23(25-14-37-15-29(20(25)2)38-32(43)34-40-27-9-10-41(3)18-30(27)47-34)6-5-7-24(19)33-39-28-13-21(12-26(36)31(28)46-33)16-42-11-8-22(17-42)35(44)45-4/h5-7,12-15,22H,8-11,16-18H2,1-4H3,(H,38,43)/t22-/m1/s1. The maximum atomic E-state index is 13.2. The number of aromatic nitrogens is 3. The number of fused-ring (bicyclic) bond motifs is 2. The molecule has 0 saturated carbocycles. The Labute approximate surface area is 281 Å². The minimum atomic E-state index is -0.227. The van der Waals surface area contributed by atoms with E-state index in [1.165, 1.54) is 18.4 Å². The van der Waals surface area contributed by atoms with Crippen LogP contribution in [0, 0.1) is 19.8 Å². The summed E-state index contributed by atoms with van der Waals surface area (Å²) in [4.78, 5) is 44.8. The Balaban J connectivity index is 1.13. The zero-order valence-electron chi connectivity index (χ0n) is 26.7. The molecule has 1 N–H and O–H groups in total. The van der Waals surface area contributed by atoms with Crippen molar-refractivity contribution >= 4 is 51.6 Å². The van der Waals surface area contributed by atoms with Gasteiger partial charge < -0.3 is 19.4 Å². The van der Waals surface area contributed by atoms with Gasteiger partial charge in [-0.05, 0) is 74.3 Å². The number of nitrogens with zero attached hydrogens (tertiary/aromatic N) is 5. The molecule has 0 radical (unpaired) electrons. The zero-order valence-corrected chi connectivity index (χ0v) is 28.3. The van der Waals surface area contributed by atoms with Crippen LogP contribution >= 0.6 is 22.9 Å². The van der Waals surface area contributed by atoms with Gasteiger partial charge in [-0.25, -0.2) is 9.97 Å². The van der Waals surface area contributed by atoms with Gasteiger partial charge in [-0.3, -0.25) is 19.5 Å². The molecule has 0 spiro atoms. The second-order valence-electron chi connectivity index (χ2n) is 12.4. The quantitative estimate of drug-likeness (QED) is 0.193. The fourth-order valence-electron chi connectivity index (χ4n) is 6.52. The third kappa shape index (κ3) is 6.16.